The van der Waals surface area contributed by atoms with Gasteiger partial charge in [0, 0.05) is 18.4 Å². The fourth-order valence-corrected chi connectivity index (χ4v) is 1.61. The average molecular weight is 223 g/mol. The number of anilines is 1. The van der Waals surface area contributed by atoms with E-state index in [4.69, 9.17) is 5.26 Å². The van der Waals surface area contributed by atoms with E-state index < -0.39 is 0 Å². The fraction of sp³-hybridized carbons (Fsp3) is 0.143. The molecule has 1 N–H and O–H groups in total. The highest BCUT2D eigenvalue weighted by Gasteiger charge is 1.98. The number of nitrogens with zero attached hydrogens (tertiary/aromatic N) is 2. The third kappa shape index (κ3) is 2.82. The van der Waals surface area contributed by atoms with E-state index in [1.165, 1.54) is 11.1 Å². The average Bonchev–Trinajstić information content (AvgIpc) is 2.38. The minimum absolute atomic E-state index is 0.430. The smallest absolute Gasteiger partial charge is 0.142 e. The summed E-state index contributed by atoms with van der Waals surface area (Å²) in [6.07, 6.45) is 1.64. The zero-order valence-electron chi connectivity index (χ0n) is 9.64. The molecule has 84 valence electrons. The maximum absolute atomic E-state index is 8.75. The fourth-order valence-electron chi connectivity index (χ4n) is 1.61. The van der Waals surface area contributed by atoms with E-state index in [1.807, 2.05) is 24.3 Å². The van der Waals surface area contributed by atoms with Gasteiger partial charge in [0.1, 0.15) is 11.8 Å². The van der Waals surface area contributed by atoms with Gasteiger partial charge in [-0.3, -0.25) is 0 Å². The highest BCUT2D eigenvalue weighted by Crippen LogP contribution is 2.12. The van der Waals surface area contributed by atoms with Crippen LogP contribution in [0.1, 0.15) is 16.8 Å². The van der Waals surface area contributed by atoms with Crippen LogP contribution in [0.4, 0.5) is 5.69 Å². The molecule has 0 bridgehead atoms. The van der Waals surface area contributed by atoms with Gasteiger partial charge in [-0.2, -0.15) is 5.26 Å². The van der Waals surface area contributed by atoms with Crippen molar-refractivity contribution in [3.63, 3.8) is 0 Å². The van der Waals surface area contributed by atoms with Crippen molar-refractivity contribution >= 4 is 5.69 Å². The summed E-state index contributed by atoms with van der Waals surface area (Å²) in [6, 6.07) is 13.9. The number of nitrogens with one attached hydrogen (secondary N) is 1. The van der Waals surface area contributed by atoms with E-state index in [2.05, 4.69) is 29.4 Å². The molecule has 17 heavy (non-hydrogen) atoms. The lowest BCUT2D eigenvalue weighted by atomic mass is 10.1. The lowest BCUT2D eigenvalue weighted by Gasteiger charge is -2.08. The van der Waals surface area contributed by atoms with Crippen molar-refractivity contribution in [3.05, 3.63) is 59.4 Å². The molecule has 0 aliphatic rings. The van der Waals surface area contributed by atoms with Crippen LogP contribution in [0.3, 0.4) is 0 Å². The van der Waals surface area contributed by atoms with Gasteiger partial charge in [0.05, 0.1) is 0 Å². The van der Waals surface area contributed by atoms with E-state index in [-0.39, 0.29) is 0 Å². The molecule has 0 radical (unpaired) electrons. The lowest BCUT2D eigenvalue weighted by Crippen LogP contribution is -2.01. The Labute approximate surface area is 101 Å². The largest absolute Gasteiger partial charge is 0.381 e. The number of hydrogen-bond donors (Lipinski definition) is 1. The summed E-state index contributed by atoms with van der Waals surface area (Å²) in [7, 11) is 0. The summed E-state index contributed by atoms with van der Waals surface area (Å²) < 4.78 is 0. The van der Waals surface area contributed by atoms with E-state index in [0.29, 0.717) is 5.69 Å². The van der Waals surface area contributed by atoms with Gasteiger partial charge in [0.2, 0.25) is 0 Å². The SMILES string of the molecule is Cc1ccccc1CNc1ccnc(C#N)c1. The van der Waals surface area contributed by atoms with Gasteiger partial charge in [-0.15, -0.1) is 0 Å². The van der Waals surface area contributed by atoms with Crippen molar-refractivity contribution in [1.82, 2.24) is 4.98 Å². The minimum Gasteiger partial charge on any atom is -0.381 e. The number of aryl methyl sites for hydroxylation is 1. The van der Waals surface area contributed by atoms with Crippen molar-refractivity contribution in [3.8, 4) is 6.07 Å². The van der Waals surface area contributed by atoms with Gasteiger partial charge in [-0.25, -0.2) is 4.98 Å². The number of benzene rings is 1. The van der Waals surface area contributed by atoms with E-state index in [1.54, 1.807) is 12.3 Å². The Balaban J connectivity index is 2.08. The molecular weight excluding hydrogens is 210 g/mol. The van der Waals surface area contributed by atoms with Crippen molar-refractivity contribution in [2.45, 2.75) is 13.5 Å². The molecule has 3 nitrogen and oxygen atoms in total. The molecule has 2 aromatic rings. The molecular formula is C14H13N3. The molecule has 0 unspecified atom stereocenters. The Morgan fingerprint density at radius 1 is 1.29 bits per heavy atom. The zero-order chi connectivity index (χ0) is 12.1. The van der Waals surface area contributed by atoms with E-state index in [0.717, 1.165) is 12.2 Å². The number of pyridine rings is 1. The molecule has 1 aromatic carbocycles. The second-order valence-electron chi connectivity index (χ2n) is 3.82. The Bertz CT molecular complexity index is 555. The van der Waals surface area contributed by atoms with Crippen LogP contribution in [-0.2, 0) is 6.54 Å². The molecule has 1 heterocycles. The molecule has 3 heteroatoms. The number of hydrogen-bond acceptors (Lipinski definition) is 3. The Kier molecular flexibility index (Phi) is 3.37. The first-order valence-corrected chi connectivity index (χ1v) is 5.44. The summed E-state index contributed by atoms with van der Waals surface area (Å²) in [6.45, 7) is 2.84. The van der Waals surface area contributed by atoms with Crippen molar-refractivity contribution in [1.29, 1.82) is 5.26 Å². The van der Waals surface area contributed by atoms with Crippen LogP contribution in [0, 0.1) is 18.3 Å². The van der Waals surface area contributed by atoms with Crippen LogP contribution in [0.5, 0.6) is 0 Å². The third-order valence-corrected chi connectivity index (χ3v) is 2.62. The summed E-state index contributed by atoms with van der Waals surface area (Å²) in [5.41, 5.74) is 3.86. The van der Waals surface area contributed by atoms with Gasteiger partial charge in [0.15, 0.2) is 0 Å². The first kappa shape index (κ1) is 11.2. The lowest BCUT2D eigenvalue weighted by molar-refractivity contribution is 1.11. The first-order valence-electron chi connectivity index (χ1n) is 5.44. The topological polar surface area (TPSA) is 48.7 Å². The highest BCUT2D eigenvalue weighted by molar-refractivity contribution is 5.46. The molecule has 1 aromatic heterocycles. The summed E-state index contributed by atoms with van der Waals surface area (Å²) in [4.78, 5) is 3.93. The van der Waals surface area contributed by atoms with Crippen LogP contribution in [0.25, 0.3) is 0 Å². The number of nitriles is 1. The first-order chi connectivity index (χ1) is 8.29. The summed E-state index contributed by atoms with van der Waals surface area (Å²) >= 11 is 0. The second-order valence-corrected chi connectivity index (χ2v) is 3.82. The number of rotatable bonds is 3. The Morgan fingerprint density at radius 3 is 2.88 bits per heavy atom. The molecule has 0 amide bonds. The highest BCUT2D eigenvalue weighted by atomic mass is 14.9. The van der Waals surface area contributed by atoms with Gasteiger partial charge in [-0.05, 0) is 30.2 Å². The number of aromatic nitrogens is 1. The Morgan fingerprint density at radius 2 is 2.12 bits per heavy atom. The summed E-state index contributed by atoms with van der Waals surface area (Å²) in [5.74, 6) is 0. The molecule has 0 spiro atoms. The van der Waals surface area contributed by atoms with Crippen LogP contribution in [-0.4, -0.2) is 4.98 Å². The van der Waals surface area contributed by atoms with Crippen LogP contribution >= 0.6 is 0 Å². The maximum atomic E-state index is 8.75. The standard InChI is InChI=1S/C14H13N3/c1-11-4-2-3-5-12(11)10-17-13-6-7-16-14(8-13)9-15/h2-8H,10H2,1H3,(H,16,17). The van der Waals surface area contributed by atoms with Crippen LogP contribution in [0.2, 0.25) is 0 Å². The second kappa shape index (κ2) is 5.13. The van der Waals surface area contributed by atoms with Crippen molar-refractivity contribution in [2.75, 3.05) is 5.32 Å². The maximum Gasteiger partial charge on any atom is 0.142 e. The monoisotopic (exact) mass is 223 g/mol. The van der Waals surface area contributed by atoms with Gasteiger partial charge in [-0.1, -0.05) is 24.3 Å². The van der Waals surface area contributed by atoms with E-state index >= 15 is 0 Å². The minimum atomic E-state index is 0.430. The normalized spacial score (nSPS) is 9.65. The zero-order valence-corrected chi connectivity index (χ0v) is 9.64. The van der Waals surface area contributed by atoms with E-state index in [9.17, 15) is 0 Å². The van der Waals surface area contributed by atoms with Crippen molar-refractivity contribution < 1.29 is 0 Å². The third-order valence-electron chi connectivity index (χ3n) is 2.62. The molecule has 0 fully saturated rings. The van der Waals surface area contributed by atoms with Crippen LogP contribution in [0.15, 0.2) is 42.6 Å². The predicted molar refractivity (Wildman–Crippen MR) is 67.5 cm³/mol. The molecule has 0 aliphatic heterocycles. The van der Waals surface area contributed by atoms with Gasteiger partial charge >= 0.3 is 0 Å². The Hall–Kier alpha value is -2.34. The molecule has 0 saturated heterocycles. The quantitative estimate of drug-likeness (QED) is 0.870. The summed E-state index contributed by atoms with van der Waals surface area (Å²) in [5, 5.41) is 12.0. The molecule has 0 saturated carbocycles. The van der Waals surface area contributed by atoms with Gasteiger partial charge in [0.25, 0.3) is 0 Å². The van der Waals surface area contributed by atoms with Crippen LogP contribution < -0.4 is 5.32 Å². The van der Waals surface area contributed by atoms with Crippen molar-refractivity contribution in [2.24, 2.45) is 0 Å². The molecule has 0 aliphatic carbocycles. The molecule has 0 atom stereocenters. The molecule has 2 rings (SSSR count). The predicted octanol–water partition coefficient (Wildman–Crippen LogP) is 2.87. The van der Waals surface area contributed by atoms with Gasteiger partial charge < -0.3 is 5.32 Å².